The Kier molecular flexibility index (Phi) is 4.35. The lowest BCUT2D eigenvalue weighted by molar-refractivity contribution is 0.172. The summed E-state index contributed by atoms with van der Waals surface area (Å²) in [5.41, 5.74) is 5.53. The first kappa shape index (κ1) is 12.3. The maximum Gasteiger partial charge on any atom is 0.156 e. The molecule has 1 aliphatic heterocycles. The molecule has 3 unspecified atom stereocenters. The maximum atomic E-state index is 8.56. The minimum atomic E-state index is -0.0640. The summed E-state index contributed by atoms with van der Waals surface area (Å²) in [6.45, 7) is 6.35. The molecule has 15 heavy (non-hydrogen) atoms. The molecule has 0 amide bonds. The number of oxime groups is 1. The van der Waals surface area contributed by atoms with Crippen LogP contribution in [-0.2, 0) is 0 Å². The Morgan fingerprint density at radius 3 is 2.87 bits per heavy atom. The van der Waals surface area contributed by atoms with Crippen molar-refractivity contribution in [2.75, 3.05) is 20.1 Å². The van der Waals surface area contributed by atoms with E-state index in [1.807, 2.05) is 6.92 Å². The number of nitrogens with two attached hydrogens (primary N) is 1. The van der Waals surface area contributed by atoms with Gasteiger partial charge in [-0.25, -0.2) is 0 Å². The topological polar surface area (TPSA) is 73.9 Å². The van der Waals surface area contributed by atoms with Gasteiger partial charge in [0.15, 0.2) is 5.84 Å². The predicted molar refractivity (Wildman–Crippen MR) is 61.1 cm³/mol. The van der Waals surface area contributed by atoms with E-state index in [4.69, 9.17) is 10.9 Å². The van der Waals surface area contributed by atoms with Crippen molar-refractivity contribution in [3.8, 4) is 0 Å². The standard InChI is InChI=1S/C10H22N4O/c1-7-6-14(3)5-4-9(7)12-8(2)10(11)13-15/h7-9,12,15H,4-6H2,1-3H3,(H2,11,13). The lowest BCUT2D eigenvalue weighted by atomic mass is 9.93. The van der Waals surface area contributed by atoms with E-state index >= 15 is 0 Å². The molecule has 0 spiro atoms. The van der Waals surface area contributed by atoms with Crippen LogP contribution >= 0.6 is 0 Å². The quantitative estimate of drug-likeness (QED) is 0.269. The molecule has 0 aromatic heterocycles. The summed E-state index contributed by atoms with van der Waals surface area (Å²) in [5.74, 6) is 0.846. The Morgan fingerprint density at radius 1 is 1.67 bits per heavy atom. The van der Waals surface area contributed by atoms with Gasteiger partial charge in [-0.1, -0.05) is 12.1 Å². The Morgan fingerprint density at radius 2 is 2.33 bits per heavy atom. The molecule has 3 atom stereocenters. The highest BCUT2D eigenvalue weighted by atomic mass is 16.4. The molecule has 1 saturated heterocycles. The van der Waals surface area contributed by atoms with Crippen LogP contribution in [0.3, 0.4) is 0 Å². The van der Waals surface area contributed by atoms with Crippen molar-refractivity contribution in [1.82, 2.24) is 10.2 Å². The number of rotatable bonds is 3. The van der Waals surface area contributed by atoms with Crippen molar-refractivity contribution >= 4 is 5.84 Å². The second-order valence-electron chi connectivity index (χ2n) is 4.55. The lowest BCUT2D eigenvalue weighted by Crippen LogP contribution is -2.52. The van der Waals surface area contributed by atoms with E-state index in [1.165, 1.54) is 0 Å². The van der Waals surface area contributed by atoms with Crippen LogP contribution in [0, 0.1) is 5.92 Å². The Hall–Kier alpha value is -0.810. The van der Waals surface area contributed by atoms with Crippen molar-refractivity contribution in [2.45, 2.75) is 32.4 Å². The van der Waals surface area contributed by atoms with Gasteiger partial charge in [0.2, 0.25) is 0 Å². The molecule has 0 aromatic carbocycles. The SMILES string of the molecule is CC(NC1CCN(C)CC1C)C(N)=NO. The number of nitrogens with one attached hydrogen (secondary N) is 1. The fraction of sp³-hybridized carbons (Fsp3) is 0.900. The first-order valence-electron chi connectivity index (χ1n) is 5.46. The predicted octanol–water partition coefficient (Wildman–Crippen LogP) is 0.0511. The molecule has 0 radical (unpaired) electrons. The zero-order valence-corrected chi connectivity index (χ0v) is 9.77. The van der Waals surface area contributed by atoms with Crippen molar-refractivity contribution < 1.29 is 5.21 Å². The van der Waals surface area contributed by atoms with Gasteiger partial charge in [-0.3, -0.25) is 0 Å². The van der Waals surface area contributed by atoms with Gasteiger partial charge in [-0.2, -0.15) is 0 Å². The van der Waals surface area contributed by atoms with Gasteiger partial charge in [0, 0.05) is 12.6 Å². The van der Waals surface area contributed by atoms with Crippen LogP contribution in [0.4, 0.5) is 0 Å². The van der Waals surface area contributed by atoms with Gasteiger partial charge >= 0.3 is 0 Å². The second kappa shape index (κ2) is 5.32. The van der Waals surface area contributed by atoms with E-state index in [1.54, 1.807) is 0 Å². The molecule has 0 aliphatic carbocycles. The highest BCUT2D eigenvalue weighted by Crippen LogP contribution is 2.15. The number of hydrogen-bond acceptors (Lipinski definition) is 4. The largest absolute Gasteiger partial charge is 0.409 e. The number of hydrogen-bond donors (Lipinski definition) is 3. The third-order valence-electron chi connectivity index (χ3n) is 3.13. The van der Waals surface area contributed by atoms with Gasteiger partial charge in [-0.15, -0.1) is 0 Å². The van der Waals surface area contributed by atoms with Crippen molar-refractivity contribution in [3.63, 3.8) is 0 Å². The molecule has 4 N–H and O–H groups in total. The molecule has 0 aromatic rings. The molecular weight excluding hydrogens is 192 g/mol. The molecule has 1 aliphatic rings. The molecule has 1 rings (SSSR count). The first-order chi connectivity index (χ1) is 7.04. The fourth-order valence-electron chi connectivity index (χ4n) is 2.09. The van der Waals surface area contributed by atoms with Crippen molar-refractivity contribution in [1.29, 1.82) is 0 Å². The molecule has 88 valence electrons. The van der Waals surface area contributed by atoms with E-state index in [0.717, 1.165) is 19.5 Å². The minimum Gasteiger partial charge on any atom is -0.409 e. The van der Waals surface area contributed by atoms with Crippen LogP contribution in [0.2, 0.25) is 0 Å². The molecule has 5 nitrogen and oxygen atoms in total. The number of likely N-dealkylation sites (tertiary alicyclic amines) is 1. The average molecular weight is 214 g/mol. The number of piperidine rings is 1. The second-order valence-corrected chi connectivity index (χ2v) is 4.55. The molecule has 1 heterocycles. The highest BCUT2D eigenvalue weighted by Gasteiger charge is 2.25. The smallest absolute Gasteiger partial charge is 0.156 e. The van der Waals surface area contributed by atoms with Gasteiger partial charge in [0.05, 0.1) is 6.04 Å². The monoisotopic (exact) mass is 214 g/mol. The van der Waals surface area contributed by atoms with E-state index < -0.39 is 0 Å². The van der Waals surface area contributed by atoms with Crippen LogP contribution in [0.1, 0.15) is 20.3 Å². The molecule has 0 bridgehead atoms. The zero-order chi connectivity index (χ0) is 11.4. The van der Waals surface area contributed by atoms with Crippen LogP contribution in [0.5, 0.6) is 0 Å². The molecule has 1 fully saturated rings. The Bertz CT molecular complexity index is 231. The lowest BCUT2D eigenvalue weighted by Gasteiger charge is -2.36. The van der Waals surface area contributed by atoms with Crippen LogP contribution in [0.25, 0.3) is 0 Å². The van der Waals surface area contributed by atoms with E-state index in [-0.39, 0.29) is 11.9 Å². The van der Waals surface area contributed by atoms with E-state index in [9.17, 15) is 0 Å². The third kappa shape index (κ3) is 3.35. The first-order valence-corrected chi connectivity index (χ1v) is 5.46. The number of nitrogens with zero attached hydrogens (tertiary/aromatic N) is 2. The van der Waals surface area contributed by atoms with E-state index in [0.29, 0.717) is 12.0 Å². The normalized spacial score (nSPS) is 31.5. The molecule has 5 heteroatoms. The summed E-state index contributed by atoms with van der Waals surface area (Å²) in [6, 6.07) is 0.391. The summed E-state index contributed by atoms with van der Waals surface area (Å²) in [5, 5.41) is 15.0. The summed E-state index contributed by atoms with van der Waals surface area (Å²) >= 11 is 0. The van der Waals surface area contributed by atoms with Crippen LogP contribution < -0.4 is 11.1 Å². The number of amidine groups is 1. The van der Waals surface area contributed by atoms with Crippen LogP contribution in [0.15, 0.2) is 5.16 Å². The van der Waals surface area contributed by atoms with Crippen molar-refractivity contribution in [3.05, 3.63) is 0 Å². The van der Waals surface area contributed by atoms with Crippen molar-refractivity contribution in [2.24, 2.45) is 16.8 Å². The third-order valence-corrected chi connectivity index (χ3v) is 3.13. The average Bonchev–Trinajstić information content (AvgIpc) is 2.20. The fourth-order valence-corrected chi connectivity index (χ4v) is 2.09. The summed E-state index contributed by atoms with van der Waals surface area (Å²) in [4.78, 5) is 2.33. The van der Waals surface area contributed by atoms with E-state index in [2.05, 4.69) is 29.3 Å². The Labute approximate surface area is 91.3 Å². The highest BCUT2D eigenvalue weighted by molar-refractivity contribution is 5.84. The van der Waals surface area contributed by atoms with Gasteiger partial charge in [-0.05, 0) is 32.9 Å². The maximum absolute atomic E-state index is 8.56. The van der Waals surface area contributed by atoms with Crippen LogP contribution in [-0.4, -0.2) is 48.2 Å². The zero-order valence-electron chi connectivity index (χ0n) is 9.77. The van der Waals surface area contributed by atoms with Gasteiger partial charge < -0.3 is 21.2 Å². The molecular formula is C10H22N4O. The summed E-state index contributed by atoms with van der Waals surface area (Å²) < 4.78 is 0. The summed E-state index contributed by atoms with van der Waals surface area (Å²) in [7, 11) is 2.14. The molecule has 0 saturated carbocycles. The van der Waals surface area contributed by atoms with Gasteiger partial charge in [0.1, 0.15) is 0 Å². The Balaban J connectivity index is 2.44. The van der Waals surface area contributed by atoms with Gasteiger partial charge in [0.25, 0.3) is 0 Å². The minimum absolute atomic E-state index is 0.0640. The summed E-state index contributed by atoms with van der Waals surface area (Å²) in [6.07, 6.45) is 1.11.